The molecule has 0 atom stereocenters. The molecule has 0 aliphatic carbocycles. The van der Waals surface area contributed by atoms with Crippen LogP contribution in [0.3, 0.4) is 0 Å². The van der Waals surface area contributed by atoms with E-state index >= 15 is 0 Å². The minimum Gasteiger partial charge on any atom is -0.372 e. The first-order chi connectivity index (χ1) is 13.3. The van der Waals surface area contributed by atoms with Crippen molar-refractivity contribution >= 4 is 23.0 Å². The van der Waals surface area contributed by atoms with Gasteiger partial charge in [-0.3, -0.25) is 9.78 Å². The van der Waals surface area contributed by atoms with E-state index in [9.17, 15) is 4.79 Å². The Kier molecular flexibility index (Phi) is 5.56. The number of hydrogen-bond donors (Lipinski definition) is 1. The molecule has 2 fully saturated rings. The molecule has 5 heteroatoms. The molecule has 0 spiro atoms. The van der Waals surface area contributed by atoms with Crippen LogP contribution in [0.15, 0.2) is 42.7 Å². The zero-order valence-corrected chi connectivity index (χ0v) is 15.9. The predicted molar refractivity (Wildman–Crippen MR) is 111 cm³/mol. The molecule has 1 aromatic carbocycles. The Morgan fingerprint density at radius 2 is 1.37 bits per heavy atom. The van der Waals surface area contributed by atoms with Crippen molar-refractivity contribution < 1.29 is 4.79 Å². The van der Waals surface area contributed by atoms with Crippen molar-refractivity contribution in [1.29, 1.82) is 0 Å². The Bertz CT molecular complexity index is 762. The third-order valence-electron chi connectivity index (χ3n) is 5.55. The fourth-order valence-corrected chi connectivity index (χ4v) is 3.99. The number of benzene rings is 1. The normalized spacial score (nSPS) is 17.6. The molecule has 27 heavy (non-hydrogen) atoms. The van der Waals surface area contributed by atoms with Gasteiger partial charge in [0, 0.05) is 43.8 Å². The summed E-state index contributed by atoms with van der Waals surface area (Å²) >= 11 is 0. The lowest BCUT2D eigenvalue weighted by atomic mass is 10.1. The van der Waals surface area contributed by atoms with Crippen molar-refractivity contribution in [3.8, 4) is 0 Å². The third-order valence-corrected chi connectivity index (χ3v) is 5.55. The zero-order chi connectivity index (χ0) is 18.5. The van der Waals surface area contributed by atoms with Crippen LogP contribution in [0.25, 0.3) is 0 Å². The number of amides is 1. The van der Waals surface area contributed by atoms with Crippen LogP contribution in [-0.2, 0) is 0 Å². The zero-order valence-electron chi connectivity index (χ0n) is 15.9. The molecule has 4 rings (SSSR count). The summed E-state index contributed by atoms with van der Waals surface area (Å²) in [5.41, 5.74) is 3.71. The summed E-state index contributed by atoms with van der Waals surface area (Å²) in [7, 11) is 0. The largest absolute Gasteiger partial charge is 0.372 e. The van der Waals surface area contributed by atoms with E-state index in [1.54, 1.807) is 6.20 Å². The van der Waals surface area contributed by atoms with Crippen LogP contribution in [0.2, 0.25) is 0 Å². The van der Waals surface area contributed by atoms with Gasteiger partial charge >= 0.3 is 0 Å². The predicted octanol–water partition coefficient (Wildman–Crippen LogP) is 4.31. The lowest BCUT2D eigenvalue weighted by molar-refractivity contribution is 0.102. The van der Waals surface area contributed by atoms with Gasteiger partial charge in [-0.25, -0.2) is 0 Å². The summed E-state index contributed by atoms with van der Waals surface area (Å²) in [6.45, 7) is 4.34. The molecule has 1 aromatic heterocycles. The number of piperidine rings is 2. The van der Waals surface area contributed by atoms with E-state index in [2.05, 4.69) is 32.2 Å². The van der Waals surface area contributed by atoms with Crippen molar-refractivity contribution in [2.24, 2.45) is 0 Å². The molecule has 2 saturated heterocycles. The maximum absolute atomic E-state index is 12.7. The Morgan fingerprint density at radius 1 is 0.778 bits per heavy atom. The summed E-state index contributed by atoms with van der Waals surface area (Å²) in [6.07, 6.45) is 11.1. The first-order valence-electron chi connectivity index (χ1n) is 10.2. The highest BCUT2D eigenvalue weighted by Gasteiger charge is 2.15. The minimum atomic E-state index is -0.105. The second-order valence-electron chi connectivity index (χ2n) is 7.53. The van der Waals surface area contributed by atoms with Crippen LogP contribution in [-0.4, -0.2) is 37.1 Å². The third kappa shape index (κ3) is 4.41. The van der Waals surface area contributed by atoms with Gasteiger partial charge in [-0.15, -0.1) is 0 Å². The first kappa shape index (κ1) is 17.8. The fraction of sp³-hybridized carbons (Fsp3) is 0.455. The topological polar surface area (TPSA) is 48.5 Å². The second-order valence-corrected chi connectivity index (χ2v) is 7.53. The molecule has 0 bridgehead atoms. The molecule has 2 aliphatic heterocycles. The molecule has 142 valence electrons. The van der Waals surface area contributed by atoms with Gasteiger partial charge < -0.3 is 15.1 Å². The monoisotopic (exact) mass is 364 g/mol. The number of pyridine rings is 1. The SMILES string of the molecule is O=C(Nc1ccc(N2CCCCC2)cc1)c1cncc(N2CCCCC2)c1. The quantitative estimate of drug-likeness (QED) is 0.878. The molecule has 1 amide bonds. The Balaban J connectivity index is 1.41. The Hall–Kier alpha value is -2.56. The van der Waals surface area contributed by atoms with E-state index in [1.165, 1.54) is 44.2 Å². The van der Waals surface area contributed by atoms with Gasteiger partial charge in [-0.2, -0.15) is 0 Å². The minimum absolute atomic E-state index is 0.105. The number of anilines is 3. The molecule has 0 unspecified atom stereocenters. The van der Waals surface area contributed by atoms with E-state index in [-0.39, 0.29) is 5.91 Å². The lowest BCUT2D eigenvalue weighted by Gasteiger charge is -2.29. The van der Waals surface area contributed by atoms with Gasteiger partial charge in [0.2, 0.25) is 0 Å². The van der Waals surface area contributed by atoms with Crippen LogP contribution < -0.4 is 15.1 Å². The van der Waals surface area contributed by atoms with E-state index in [4.69, 9.17) is 0 Å². The number of rotatable bonds is 4. The molecular formula is C22H28N4O. The van der Waals surface area contributed by atoms with Crippen LogP contribution >= 0.6 is 0 Å². The molecule has 1 N–H and O–H groups in total. The Labute approximate surface area is 161 Å². The lowest BCUT2D eigenvalue weighted by Crippen LogP contribution is -2.29. The van der Waals surface area contributed by atoms with Gasteiger partial charge in [0.1, 0.15) is 0 Å². The summed E-state index contributed by atoms with van der Waals surface area (Å²) in [5.74, 6) is -0.105. The van der Waals surface area contributed by atoms with E-state index in [1.807, 2.05) is 24.4 Å². The number of hydrogen-bond acceptors (Lipinski definition) is 4. The van der Waals surface area contributed by atoms with Gasteiger partial charge in [-0.1, -0.05) is 0 Å². The van der Waals surface area contributed by atoms with E-state index < -0.39 is 0 Å². The highest BCUT2D eigenvalue weighted by molar-refractivity contribution is 6.04. The second kappa shape index (κ2) is 8.42. The maximum atomic E-state index is 12.7. The smallest absolute Gasteiger partial charge is 0.257 e. The number of nitrogens with zero attached hydrogens (tertiary/aromatic N) is 3. The first-order valence-corrected chi connectivity index (χ1v) is 10.2. The number of carbonyl (C=O) groups is 1. The molecule has 2 aromatic rings. The van der Waals surface area contributed by atoms with Crippen LogP contribution in [0.1, 0.15) is 48.9 Å². The summed E-state index contributed by atoms with van der Waals surface area (Å²) in [5, 5.41) is 3.00. The average Bonchev–Trinajstić information content (AvgIpc) is 2.75. The number of aromatic nitrogens is 1. The molecule has 2 aliphatic rings. The van der Waals surface area contributed by atoms with Crippen LogP contribution in [0, 0.1) is 0 Å². The molecule has 3 heterocycles. The van der Waals surface area contributed by atoms with Gasteiger partial charge in [0.25, 0.3) is 5.91 Å². The summed E-state index contributed by atoms with van der Waals surface area (Å²) in [4.78, 5) is 21.7. The average molecular weight is 364 g/mol. The molecule has 0 saturated carbocycles. The van der Waals surface area contributed by atoms with Crippen LogP contribution in [0.4, 0.5) is 17.1 Å². The summed E-state index contributed by atoms with van der Waals surface area (Å²) in [6, 6.07) is 10.1. The van der Waals surface area contributed by atoms with Gasteiger partial charge in [0.15, 0.2) is 0 Å². The van der Waals surface area contributed by atoms with Crippen molar-refractivity contribution in [2.45, 2.75) is 38.5 Å². The van der Waals surface area contributed by atoms with Crippen molar-refractivity contribution in [3.63, 3.8) is 0 Å². The highest BCUT2D eigenvalue weighted by Crippen LogP contribution is 2.23. The van der Waals surface area contributed by atoms with Gasteiger partial charge in [-0.05, 0) is 68.9 Å². The maximum Gasteiger partial charge on any atom is 0.257 e. The molecular weight excluding hydrogens is 336 g/mol. The Morgan fingerprint density at radius 3 is 2.00 bits per heavy atom. The van der Waals surface area contributed by atoms with Crippen LogP contribution in [0.5, 0.6) is 0 Å². The van der Waals surface area contributed by atoms with Crippen molar-refractivity contribution in [3.05, 3.63) is 48.3 Å². The van der Waals surface area contributed by atoms with Crippen molar-refractivity contribution in [1.82, 2.24) is 4.98 Å². The van der Waals surface area contributed by atoms with E-state index in [0.717, 1.165) is 37.6 Å². The fourth-order valence-electron chi connectivity index (χ4n) is 3.99. The van der Waals surface area contributed by atoms with Gasteiger partial charge in [0.05, 0.1) is 17.4 Å². The molecule has 0 radical (unpaired) electrons. The van der Waals surface area contributed by atoms with E-state index in [0.29, 0.717) is 5.56 Å². The standard InChI is InChI=1S/C22H28N4O/c27-22(18-15-21(17-23-16-18)26-13-5-2-6-14-26)24-19-7-9-20(10-8-19)25-11-3-1-4-12-25/h7-10,15-17H,1-6,11-14H2,(H,24,27). The highest BCUT2D eigenvalue weighted by atomic mass is 16.1. The number of carbonyl (C=O) groups excluding carboxylic acids is 1. The number of nitrogens with one attached hydrogen (secondary N) is 1. The summed E-state index contributed by atoms with van der Waals surface area (Å²) < 4.78 is 0. The molecule has 5 nitrogen and oxygen atoms in total. The van der Waals surface area contributed by atoms with Crippen molar-refractivity contribution in [2.75, 3.05) is 41.3 Å².